The molecule has 18 heavy (non-hydrogen) atoms. The van der Waals surface area contributed by atoms with Gasteiger partial charge in [-0.3, -0.25) is 0 Å². The third-order valence-electron chi connectivity index (χ3n) is 2.24. The Hall–Kier alpha value is -1.49. The van der Waals surface area contributed by atoms with E-state index in [1.807, 2.05) is 19.1 Å². The van der Waals surface area contributed by atoms with Crippen LogP contribution in [0.25, 0.3) is 0 Å². The van der Waals surface area contributed by atoms with Crippen LogP contribution in [0.4, 0.5) is 13.2 Å². The molecule has 0 fully saturated rings. The summed E-state index contributed by atoms with van der Waals surface area (Å²) in [5.74, 6) is -0.150. The van der Waals surface area contributed by atoms with Gasteiger partial charge in [0.1, 0.15) is 5.75 Å². The molecule has 0 heterocycles. The number of ether oxygens (including phenoxy) is 1. The van der Waals surface area contributed by atoms with Crippen molar-refractivity contribution in [1.29, 1.82) is 0 Å². The van der Waals surface area contributed by atoms with E-state index in [1.54, 1.807) is 12.1 Å². The number of para-hydroxylation sites is 1. The Kier molecular flexibility index (Phi) is 5.71. The molecule has 0 aliphatic heterocycles. The van der Waals surface area contributed by atoms with Crippen LogP contribution in [0.2, 0.25) is 0 Å². The summed E-state index contributed by atoms with van der Waals surface area (Å²) < 4.78 is 40.4. The third-order valence-corrected chi connectivity index (χ3v) is 2.24. The lowest BCUT2D eigenvalue weighted by Crippen LogP contribution is -2.20. The van der Waals surface area contributed by atoms with E-state index in [0.717, 1.165) is 6.42 Å². The lowest BCUT2D eigenvalue weighted by atomic mass is 10.2. The van der Waals surface area contributed by atoms with Crippen molar-refractivity contribution in [3.63, 3.8) is 0 Å². The van der Waals surface area contributed by atoms with Crippen molar-refractivity contribution in [2.24, 2.45) is 0 Å². The van der Waals surface area contributed by atoms with E-state index in [0.29, 0.717) is 18.7 Å². The van der Waals surface area contributed by atoms with E-state index in [4.69, 9.17) is 0 Å². The van der Waals surface area contributed by atoms with Crippen molar-refractivity contribution in [2.75, 3.05) is 6.54 Å². The summed E-state index contributed by atoms with van der Waals surface area (Å²) in [5.41, 5.74) is 0.496. The van der Waals surface area contributed by atoms with E-state index in [1.165, 1.54) is 12.1 Å². The van der Waals surface area contributed by atoms with Crippen LogP contribution in [-0.4, -0.2) is 12.9 Å². The van der Waals surface area contributed by atoms with Gasteiger partial charge in [-0.1, -0.05) is 30.4 Å². The highest BCUT2D eigenvalue weighted by molar-refractivity contribution is 5.33. The summed E-state index contributed by atoms with van der Waals surface area (Å²) in [6.07, 6.45) is 0.118. The number of nitrogens with one attached hydrogen (secondary N) is 1. The highest BCUT2D eigenvalue weighted by Crippen LogP contribution is 2.25. The average molecular weight is 259 g/mol. The van der Waals surface area contributed by atoms with E-state index < -0.39 is 6.36 Å². The zero-order chi connectivity index (χ0) is 13.4. The quantitative estimate of drug-likeness (QED) is 0.622. The summed E-state index contributed by atoms with van der Waals surface area (Å²) in [7, 11) is 0. The van der Waals surface area contributed by atoms with E-state index >= 15 is 0 Å². The fourth-order valence-electron chi connectivity index (χ4n) is 1.45. The predicted molar refractivity (Wildman–Crippen MR) is 64.3 cm³/mol. The van der Waals surface area contributed by atoms with Gasteiger partial charge in [-0.15, -0.1) is 13.2 Å². The first-order chi connectivity index (χ1) is 8.53. The number of benzene rings is 1. The maximum atomic E-state index is 12.2. The van der Waals surface area contributed by atoms with E-state index in [9.17, 15) is 13.2 Å². The van der Waals surface area contributed by atoms with Gasteiger partial charge in [0.25, 0.3) is 0 Å². The predicted octanol–water partition coefficient (Wildman–Crippen LogP) is 3.64. The van der Waals surface area contributed by atoms with Crippen LogP contribution in [0.3, 0.4) is 0 Å². The number of alkyl halides is 3. The average Bonchev–Trinajstić information content (AvgIpc) is 2.29. The Bertz CT molecular complexity index is 388. The zero-order valence-corrected chi connectivity index (χ0v) is 10.1. The van der Waals surface area contributed by atoms with Gasteiger partial charge < -0.3 is 10.1 Å². The summed E-state index contributed by atoms with van der Waals surface area (Å²) in [6, 6.07) is 6.14. The molecule has 1 N–H and O–H groups in total. The second kappa shape index (κ2) is 7.06. The fourth-order valence-corrected chi connectivity index (χ4v) is 1.45. The molecule has 0 aliphatic rings. The molecule has 0 amide bonds. The minimum atomic E-state index is -4.65. The monoisotopic (exact) mass is 259 g/mol. The Balaban J connectivity index is 2.54. The number of allylic oxidation sites excluding steroid dienone is 1. The molecule has 5 heteroatoms. The van der Waals surface area contributed by atoms with Crippen molar-refractivity contribution in [3.05, 3.63) is 42.0 Å². The summed E-state index contributed by atoms with van der Waals surface area (Å²) in [6.45, 7) is 2.99. The largest absolute Gasteiger partial charge is 0.573 e. The minimum absolute atomic E-state index is 0.150. The third kappa shape index (κ3) is 5.72. The molecular formula is C13H16F3NO. The molecule has 1 rings (SSSR count). The first kappa shape index (κ1) is 14.6. The van der Waals surface area contributed by atoms with Gasteiger partial charge in [0, 0.05) is 12.1 Å². The SMILES string of the molecule is C/C=C/CCNCc1ccccc1OC(F)(F)F. The number of hydrogen-bond acceptors (Lipinski definition) is 2. The van der Waals surface area contributed by atoms with Crippen molar-refractivity contribution in [2.45, 2.75) is 26.3 Å². The van der Waals surface area contributed by atoms with Gasteiger partial charge in [-0.05, 0) is 26.0 Å². The number of rotatable bonds is 6. The normalized spacial score (nSPS) is 12.0. The number of halogens is 3. The van der Waals surface area contributed by atoms with Gasteiger partial charge in [0.15, 0.2) is 0 Å². The standard InChI is InChI=1S/C13H16F3NO/c1-2-3-6-9-17-10-11-7-4-5-8-12(11)18-13(14,15)16/h2-5,7-8,17H,6,9-10H2,1H3/b3-2+. The van der Waals surface area contributed by atoms with Crippen LogP contribution in [0, 0.1) is 0 Å². The molecule has 2 nitrogen and oxygen atoms in total. The Morgan fingerprint density at radius 2 is 2.00 bits per heavy atom. The molecule has 0 aromatic heterocycles. The van der Waals surface area contributed by atoms with Crippen LogP contribution >= 0.6 is 0 Å². The second-order valence-corrected chi connectivity index (χ2v) is 3.69. The smallest absolute Gasteiger partial charge is 0.405 e. The summed E-state index contributed by atoms with van der Waals surface area (Å²) >= 11 is 0. The van der Waals surface area contributed by atoms with Gasteiger partial charge in [0.05, 0.1) is 0 Å². The molecule has 100 valence electrons. The van der Waals surface area contributed by atoms with Crippen molar-refractivity contribution in [1.82, 2.24) is 5.32 Å². The van der Waals surface area contributed by atoms with Crippen LogP contribution in [-0.2, 0) is 6.54 Å². The van der Waals surface area contributed by atoms with Crippen molar-refractivity contribution < 1.29 is 17.9 Å². The molecule has 0 saturated carbocycles. The van der Waals surface area contributed by atoms with Crippen LogP contribution in [0.15, 0.2) is 36.4 Å². The van der Waals surface area contributed by atoms with Gasteiger partial charge in [-0.25, -0.2) is 0 Å². The molecule has 1 aromatic rings. The molecule has 0 spiro atoms. The highest BCUT2D eigenvalue weighted by Gasteiger charge is 2.31. The second-order valence-electron chi connectivity index (χ2n) is 3.69. The van der Waals surface area contributed by atoms with Crippen molar-refractivity contribution in [3.8, 4) is 5.75 Å². The molecule has 0 bridgehead atoms. The van der Waals surface area contributed by atoms with Gasteiger partial charge in [0.2, 0.25) is 0 Å². The highest BCUT2D eigenvalue weighted by atomic mass is 19.4. The minimum Gasteiger partial charge on any atom is -0.405 e. The Labute approximate surface area is 104 Å². The number of hydrogen-bond donors (Lipinski definition) is 1. The molecule has 0 atom stereocenters. The Morgan fingerprint density at radius 3 is 2.67 bits per heavy atom. The lowest BCUT2D eigenvalue weighted by molar-refractivity contribution is -0.274. The van der Waals surface area contributed by atoms with Crippen LogP contribution in [0.5, 0.6) is 5.75 Å². The first-order valence-electron chi connectivity index (χ1n) is 5.68. The maximum Gasteiger partial charge on any atom is 0.573 e. The summed E-state index contributed by atoms with van der Waals surface area (Å²) in [5, 5.41) is 3.06. The van der Waals surface area contributed by atoms with Crippen LogP contribution in [0.1, 0.15) is 18.9 Å². The van der Waals surface area contributed by atoms with Gasteiger partial charge >= 0.3 is 6.36 Å². The zero-order valence-electron chi connectivity index (χ0n) is 10.1. The molecular weight excluding hydrogens is 243 g/mol. The van der Waals surface area contributed by atoms with Crippen LogP contribution < -0.4 is 10.1 Å². The molecule has 0 radical (unpaired) electrons. The van der Waals surface area contributed by atoms with Gasteiger partial charge in [-0.2, -0.15) is 0 Å². The lowest BCUT2D eigenvalue weighted by Gasteiger charge is -2.13. The fraction of sp³-hybridized carbons (Fsp3) is 0.385. The summed E-state index contributed by atoms with van der Waals surface area (Å²) in [4.78, 5) is 0. The molecule has 0 saturated heterocycles. The maximum absolute atomic E-state index is 12.2. The Morgan fingerprint density at radius 1 is 1.28 bits per heavy atom. The van der Waals surface area contributed by atoms with Crippen molar-refractivity contribution >= 4 is 0 Å². The molecule has 0 aliphatic carbocycles. The first-order valence-corrected chi connectivity index (χ1v) is 5.68. The van der Waals surface area contributed by atoms with E-state index in [2.05, 4.69) is 10.1 Å². The molecule has 0 unspecified atom stereocenters. The van der Waals surface area contributed by atoms with E-state index in [-0.39, 0.29) is 5.75 Å². The topological polar surface area (TPSA) is 21.3 Å². The molecule has 1 aromatic carbocycles.